The van der Waals surface area contributed by atoms with E-state index in [2.05, 4.69) is 4.74 Å². The van der Waals surface area contributed by atoms with Crippen LogP contribution < -0.4 is 0 Å². The van der Waals surface area contributed by atoms with Gasteiger partial charge in [0, 0.05) is 16.3 Å². The number of esters is 1. The highest BCUT2D eigenvalue weighted by atomic mass is 127. The fourth-order valence-electron chi connectivity index (χ4n) is 4.19. The van der Waals surface area contributed by atoms with Crippen molar-refractivity contribution in [2.75, 3.05) is 7.11 Å². The van der Waals surface area contributed by atoms with Gasteiger partial charge in [-0.15, -0.1) is 0 Å². The second-order valence-corrected chi connectivity index (χ2v) is 11.6. The molecule has 0 fully saturated rings. The highest BCUT2D eigenvalue weighted by Gasteiger charge is 2.91. The SMILES string of the molecule is CCCCCCCCC(C(I)CCCCCCCC(=O)OC)C(F)(F)C(F)(F)C(F)(F)C(F)(F)C(F)(F)C(F)(F)F. The fraction of sp³-hybridized carbons (Fsp3) is 0.960. The third kappa shape index (κ3) is 9.90. The summed E-state index contributed by atoms with van der Waals surface area (Å²) < 4.78 is 182. The first kappa shape index (κ1) is 40.3. The number of methoxy groups -OCH3 is 1. The van der Waals surface area contributed by atoms with Gasteiger partial charge in [-0.3, -0.25) is 4.79 Å². The van der Waals surface area contributed by atoms with Gasteiger partial charge in [0.1, 0.15) is 0 Å². The van der Waals surface area contributed by atoms with Crippen LogP contribution in [0.4, 0.5) is 57.1 Å². The summed E-state index contributed by atoms with van der Waals surface area (Å²) in [6.45, 7) is 1.87. The van der Waals surface area contributed by atoms with E-state index in [1.165, 1.54) is 29.7 Å². The Hall–Kier alpha value is -0.710. The molecule has 0 aromatic rings. The van der Waals surface area contributed by atoms with Crippen LogP contribution in [0.3, 0.4) is 0 Å². The Balaban J connectivity index is 5.88. The van der Waals surface area contributed by atoms with Crippen LogP contribution in [0, 0.1) is 5.92 Å². The van der Waals surface area contributed by atoms with Crippen molar-refractivity contribution < 1.29 is 66.6 Å². The van der Waals surface area contributed by atoms with Gasteiger partial charge in [-0.05, 0) is 19.3 Å². The van der Waals surface area contributed by atoms with Crippen LogP contribution >= 0.6 is 22.6 Å². The quantitative estimate of drug-likeness (QED) is 0.0385. The summed E-state index contributed by atoms with van der Waals surface area (Å²) in [6.07, 6.45) is -3.90. The maximum atomic E-state index is 15.1. The maximum absolute atomic E-state index is 15.1. The summed E-state index contributed by atoms with van der Waals surface area (Å²) in [7, 11) is 1.20. The van der Waals surface area contributed by atoms with Gasteiger partial charge in [0.05, 0.1) is 7.11 Å². The number of ether oxygens (including phenoxy) is 1. The van der Waals surface area contributed by atoms with Gasteiger partial charge in [0.25, 0.3) is 0 Å². The molecule has 0 radical (unpaired) electrons. The third-order valence-electron chi connectivity index (χ3n) is 6.82. The van der Waals surface area contributed by atoms with Crippen molar-refractivity contribution in [3.63, 3.8) is 0 Å². The predicted molar refractivity (Wildman–Crippen MR) is 134 cm³/mol. The molecule has 2 unspecified atom stereocenters. The van der Waals surface area contributed by atoms with E-state index in [-0.39, 0.29) is 32.1 Å². The van der Waals surface area contributed by atoms with Gasteiger partial charge >= 0.3 is 41.8 Å². The average Bonchev–Trinajstić information content (AvgIpc) is 2.85. The molecule has 0 aliphatic rings. The monoisotopic (exact) mass is 742 g/mol. The van der Waals surface area contributed by atoms with Crippen molar-refractivity contribution in [3.8, 4) is 0 Å². The molecule has 0 amide bonds. The van der Waals surface area contributed by atoms with Crippen LogP contribution in [0.2, 0.25) is 0 Å². The molecule has 0 saturated heterocycles. The van der Waals surface area contributed by atoms with E-state index in [9.17, 15) is 53.1 Å². The minimum absolute atomic E-state index is 0.110. The Morgan fingerprint density at radius 3 is 1.49 bits per heavy atom. The molecule has 0 rings (SSSR count). The Labute approximate surface area is 244 Å². The van der Waals surface area contributed by atoms with Crippen molar-refractivity contribution >= 4 is 28.6 Å². The molecule has 16 heteroatoms. The van der Waals surface area contributed by atoms with Crippen LogP contribution in [0.15, 0.2) is 0 Å². The van der Waals surface area contributed by atoms with E-state index in [1.807, 2.05) is 6.92 Å². The first-order chi connectivity index (χ1) is 18.6. The van der Waals surface area contributed by atoms with Crippen molar-refractivity contribution in [1.82, 2.24) is 0 Å². The minimum atomic E-state index is -7.89. The lowest BCUT2D eigenvalue weighted by atomic mass is 9.82. The molecule has 2 atom stereocenters. The lowest BCUT2D eigenvalue weighted by Gasteiger charge is -2.43. The smallest absolute Gasteiger partial charge is 0.460 e. The van der Waals surface area contributed by atoms with Gasteiger partial charge in [0.15, 0.2) is 0 Å². The summed E-state index contributed by atoms with van der Waals surface area (Å²) in [5.41, 5.74) is 0. The normalized spacial score (nSPS) is 15.6. The number of rotatable bonds is 21. The maximum Gasteiger partial charge on any atom is 0.460 e. The Bertz CT molecular complexity index is 773. The van der Waals surface area contributed by atoms with Crippen molar-refractivity contribution in [2.24, 2.45) is 5.92 Å². The topological polar surface area (TPSA) is 26.3 Å². The molecular weight excluding hydrogens is 706 g/mol. The Morgan fingerprint density at radius 2 is 1.02 bits per heavy atom. The lowest BCUT2D eigenvalue weighted by Crippen LogP contribution is -2.71. The molecule has 0 heterocycles. The zero-order valence-electron chi connectivity index (χ0n) is 22.7. The van der Waals surface area contributed by atoms with E-state index in [1.54, 1.807) is 0 Å². The first-order valence-electron chi connectivity index (χ1n) is 13.2. The molecule has 0 spiro atoms. The molecule has 0 bridgehead atoms. The summed E-state index contributed by atoms with van der Waals surface area (Å²) in [5, 5.41) is 0. The summed E-state index contributed by atoms with van der Waals surface area (Å²) in [5.74, 6) is -39.9. The predicted octanol–water partition coefficient (Wildman–Crippen LogP) is 10.8. The summed E-state index contributed by atoms with van der Waals surface area (Å²) >= 11 is 1.27. The number of alkyl halides is 14. The largest absolute Gasteiger partial charge is 0.469 e. The minimum Gasteiger partial charge on any atom is -0.469 e. The second-order valence-electron chi connectivity index (χ2n) is 9.98. The molecule has 246 valence electrons. The molecule has 0 aliphatic carbocycles. The van der Waals surface area contributed by atoms with E-state index >= 15 is 8.78 Å². The van der Waals surface area contributed by atoms with Gasteiger partial charge in [0.2, 0.25) is 0 Å². The fourth-order valence-corrected chi connectivity index (χ4v) is 5.44. The third-order valence-corrected chi connectivity index (χ3v) is 8.31. The number of hydrogen-bond donors (Lipinski definition) is 0. The Kier molecular flexibility index (Phi) is 16.1. The van der Waals surface area contributed by atoms with Gasteiger partial charge in [-0.25, -0.2) is 0 Å². The van der Waals surface area contributed by atoms with E-state index in [0.717, 1.165) is 12.8 Å². The molecule has 0 N–H and O–H groups in total. The number of hydrogen-bond acceptors (Lipinski definition) is 2. The van der Waals surface area contributed by atoms with E-state index in [4.69, 9.17) is 0 Å². The number of unbranched alkanes of at least 4 members (excludes halogenated alkanes) is 9. The molecule has 0 saturated carbocycles. The van der Waals surface area contributed by atoms with Crippen molar-refractivity contribution in [3.05, 3.63) is 0 Å². The number of carbonyl (C=O) groups excluding carboxylic acids is 1. The van der Waals surface area contributed by atoms with Crippen LogP contribution in [-0.2, 0) is 9.53 Å². The van der Waals surface area contributed by atoms with E-state index < -0.39 is 58.0 Å². The molecule has 0 aromatic heterocycles. The zero-order valence-corrected chi connectivity index (χ0v) is 24.8. The Morgan fingerprint density at radius 1 is 0.610 bits per heavy atom. The van der Waals surface area contributed by atoms with Gasteiger partial charge in [-0.2, -0.15) is 57.1 Å². The zero-order chi connectivity index (χ0) is 32.3. The van der Waals surface area contributed by atoms with Crippen LogP contribution in [0.1, 0.15) is 96.8 Å². The molecule has 2 nitrogen and oxygen atoms in total. The lowest BCUT2D eigenvalue weighted by molar-refractivity contribution is -0.443. The average molecular weight is 742 g/mol. The van der Waals surface area contributed by atoms with Gasteiger partial charge < -0.3 is 4.74 Å². The van der Waals surface area contributed by atoms with Crippen LogP contribution in [-0.4, -0.2) is 52.8 Å². The summed E-state index contributed by atoms with van der Waals surface area (Å²) in [4.78, 5) is 11.1. The molecule has 0 aromatic carbocycles. The molecule has 41 heavy (non-hydrogen) atoms. The first-order valence-corrected chi connectivity index (χ1v) is 14.5. The standard InChI is InChI=1S/C25H36F13IO2/c1-3-4-5-6-8-11-14-17(18(39)15-12-9-7-10-13-16-19(40)41-2)20(26,27)21(28,29)22(30,31)23(32,33)24(34,35)25(36,37)38/h17-18H,3-16H2,1-2H3. The molecule has 0 aliphatic heterocycles. The highest BCUT2D eigenvalue weighted by Crippen LogP contribution is 2.62. The molecular formula is C25H36F13IO2. The number of carbonyl (C=O) groups is 1. The highest BCUT2D eigenvalue weighted by molar-refractivity contribution is 14.1. The second kappa shape index (κ2) is 16.4. The summed E-state index contributed by atoms with van der Waals surface area (Å²) in [6, 6.07) is 0. The number of halogens is 14. The van der Waals surface area contributed by atoms with Crippen LogP contribution in [0.5, 0.6) is 0 Å². The van der Waals surface area contributed by atoms with Crippen LogP contribution in [0.25, 0.3) is 0 Å². The van der Waals surface area contributed by atoms with Crippen molar-refractivity contribution in [2.45, 2.75) is 137 Å². The van der Waals surface area contributed by atoms with Crippen molar-refractivity contribution in [1.29, 1.82) is 0 Å². The van der Waals surface area contributed by atoms with Gasteiger partial charge in [-0.1, -0.05) is 93.7 Å². The van der Waals surface area contributed by atoms with E-state index in [0.29, 0.717) is 38.5 Å².